The number of fused-ring (bicyclic) bond motifs is 1. The molecule has 0 aromatic heterocycles. The number of rotatable bonds is 4. The predicted molar refractivity (Wildman–Crippen MR) is 89.0 cm³/mol. The summed E-state index contributed by atoms with van der Waals surface area (Å²) in [6.45, 7) is 2.67. The van der Waals surface area contributed by atoms with E-state index in [-0.39, 0.29) is 11.7 Å². The van der Waals surface area contributed by atoms with Crippen LogP contribution >= 0.6 is 0 Å². The molecule has 4 nitrogen and oxygen atoms in total. The van der Waals surface area contributed by atoms with Gasteiger partial charge in [-0.3, -0.25) is 4.79 Å². The predicted octanol–water partition coefficient (Wildman–Crippen LogP) is 4.10. The number of methoxy groups -OCH3 is 1. The number of allylic oxidation sites excluding steroid dienone is 3. The second-order valence-electron chi connectivity index (χ2n) is 6.19. The summed E-state index contributed by atoms with van der Waals surface area (Å²) in [4.78, 5) is 14.4. The Morgan fingerprint density at radius 2 is 1.88 bits per heavy atom. The first-order valence-electron chi connectivity index (χ1n) is 8.05. The van der Waals surface area contributed by atoms with Crippen molar-refractivity contribution < 1.29 is 27.4 Å². The van der Waals surface area contributed by atoms with E-state index < -0.39 is 6.36 Å². The first-order valence-corrected chi connectivity index (χ1v) is 8.05. The van der Waals surface area contributed by atoms with Gasteiger partial charge in [-0.2, -0.15) is 0 Å². The number of amides is 1. The molecule has 1 amide bonds. The zero-order chi connectivity index (χ0) is 18.9. The van der Waals surface area contributed by atoms with Gasteiger partial charge in [0.25, 0.3) is 5.91 Å². The zero-order valence-corrected chi connectivity index (χ0v) is 14.4. The number of carbonyl (C=O) groups is 1. The lowest BCUT2D eigenvalue weighted by molar-refractivity contribution is -0.274. The Morgan fingerprint density at radius 1 is 1.19 bits per heavy atom. The molecule has 1 aliphatic heterocycles. The Kier molecular flexibility index (Phi) is 4.80. The number of alkyl halides is 3. The molecule has 1 heterocycles. The first-order chi connectivity index (χ1) is 12.3. The van der Waals surface area contributed by atoms with Gasteiger partial charge in [0.05, 0.1) is 7.11 Å². The van der Waals surface area contributed by atoms with Gasteiger partial charge in [-0.15, -0.1) is 13.2 Å². The molecule has 1 saturated heterocycles. The van der Waals surface area contributed by atoms with E-state index in [2.05, 4.69) is 4.74 Å². The molecule has 0 spiro atoms. The van der Waals surface area contributed by atoms with E-state index in [1.807, 2.05) is 19.1 Å². The molecule has 0 N–H and O–H groups in total. The van der Waals surface area contributed by atoms with Crippen molar-refractivity contribution in [3.8, 4) is 5.75 Å². The van der Waals surface area contributed by atoms with Gasteiger partial charge in [0, 0.05) is 18.7 Å². The SMILES string of the molecule is COC1=CCC(C)=C2C(=O)N(Cc3ccc(OC(F)(F)F)cc3)CC2=C1. The summed E-state index contributed by atoms with van der Waals surface area (Å²) in [5.74, 6) is 0.364. The lowest BCUT2D eigenvalue weighted by atomic mass is 10.0. The molecule has 0 unspecified atom stereocenters. The van der Waals surface area contributed by atoms with Gasteiger partial charge in [0.15, 0.2) is 0 Å². The highest BCUT2D eigenvalue weighted by molar-refractivity contribution is 6.02. The molecule has 1 aromatic rings. The number of benzene rings is 1. The summed E-state index contributed by atoms with van der Waals surface area (Å²) in [5.41, 5.74) is 3.30. The van der Waals surface area contributed by atoms with E-state index in [1.54, 1.807) is 12.0 Å². The van der Waals surface area contributed by atoms with Crippen LogP contribution in [0.5, 0.6) is 5.75 Å². The van der Waals surface area contributed by atoms with E-state index in [0.717, 1.165) is 22.5 Å². The zero-order valence-electron chi connectivity index (χ0n) is 14.4. The molecular weight excluding hydrogens is 347 g/mol. The fraction of sp³-hybridized carbons (Fsp3) is 0.316. The van der Waals surface area contributed by atoms with Crippen LogP contribution in [0.1, 0.15) is 18.9 Å². The maximum atomic E-state index is 12.7. The molecule has 0 atom stereocenters. The molecular formula is C19H18F3NO3. The molecule has 26 heavy (non-hydrogen) atoms. The summed E-state index contributed by atoms with van der Waals surface area (Å²) in [6, 6.07) is 5.55. The summed E-state index contributed by atoms with van der Waals surface area (Å²) >= 11 is 0. The number of halogens is 3. The van der Waals surface area contributed by atoms with E-state index in [9.17, 15) is 18.0 Å². The molecule has 1 aliphatic carbocycles. The van der Waals surface area contributed by atoms with E-state index >= 15 is 0 Å². The van der Waals surface area contributed by atoms with Crippen LogP contribution in [0.15, 0.2) is 58.9 Å². The number of likely N-dealkylation sites (tertiary alicyclic amines) is 1. The minimum Gasteiger partial charge on any atom is -0.497 e. The Labute approximate surface area is 149 Å². The molecule has 0 saturated carbocycles. The van der Waals surface area contributed by atoms with Gasteiger partial charge in [0.2, 0.25) is 0 Å². The highest BCUT2D eigenvalue weighted by Crippen LogP contribution is 2.32. The Hall–Kier alpha value is -2.70. The van der Waals surface area contributed by atoms with E-state index in [4.69, 9.17) is 4.74 Å². The fourth-order valence-electron chi connectivity index (χ4n) is 3.10. The van der Waals surface area contributed by atoms with Crippen LogP contribution in [0, 0.1) is 0 Å². The highest BCUT2D eigenvalue weighted by Gasteiger charge is 2.33. The monoisotopic (exact) mass is 365 g/mol. The van der Waals surface area contributed by atoms with Crippen molar-refractivity contribution in [2.24, 2.45) is 0 Å². The normalized spacial score (nSPS) is 17.6. The van der Waals surface area contributed by atoms with Crippen molar-refractivity contribution in [3.05, 3.63) is 64.5 Å². The summed E-state index contributed by atoms with van der Waals surface area (Å²) in [6.07, 6.45) is -0.278. The molecule has 0 bridgehead atoms. The van der Waals surface area contributed by atoms with Crippen molar-refractivity contribution in [2.75, 3.05) is 13.7 Å². The minimum atomic E-state index is -4.72. The van der Waals surface area contributed by atoms with Crippen molar-refractivity contribution in [2.45, 2.75) is 26.3 Å². The molecule has 1 aromatic carbocycles. The van der Waals surface area contributed by atoms with Crippen molar-refractivity contribution in [3.63, 3.8) is 0 Å². The van der Waals surface area contributed by atoms with Crippen molar-refractivity contribution in [1.82, 2.24) is 4.90 Å². The van der Waals surface area contributed by atoms with Crippen LogP contribution in [0.3, 0.4) is 0 Å². The summed E-state index contributed by atoms with van der Waals surface area (Å²) < 4.78 is 45.8. The van der Waals surface area contributed by atoms with Gasteiger partial charge in [-0.1, -0.05) is 17.7 Å². The van der Waals surface area contributed by atoms with E-state index in [1.165, 1.54) is 24.3 Å². The van der Waals surface area contributed by atoms with Gasteiger partial charge in [0.1, 0.15) is 11.5 Å². The Morgan fingerprint density at radius 3 is 2.50 bits per heavy atom. The van der Waals surface area contributed by atoms with Gasteiger partial charge in [-0.25, -0.2) is 0 Å². The summed E-state index contributed by atoms with van der Waals surface area (Å²) in [7, 11) is 1.59. The third kappa shape index (κ3) is 3.92. The molecule has 1 fully saturated rings. The minimum absolute atomic E-state index is 0.0740. The fourth-order valence-corrected chi connectivity index (χ4v) is 3.10. The molecule has 3 rings (SSSR count). The van der Waals surface area contributed by atoms with Crippen LogP contribution < -0.4 is 4.74 Å². The number of hydrogen-bond donors (Lipinski definition) is 0. The summed E-state index contributed by atoms with van der Waals surface area (Å²) in [5, 5.41) is 0. The van der Waals surface area contributed by atoms with Crippen LogP contribution in [-0.4, -0.2) is 30.8 Å². The third-order valence-corrected chi connectivity index (χ3v) is 4.30. The van der Waals surface area contributed by atoms with Crippen LogP contribution in [0.2, 0.25) is 0 Å². The molecule has 0 radical (unpaired) electrons. The average molecular weight is 365 g/mol. The lowest BCUT2D eigenvalue weighted by Gasteiger charge is -2.16. The van der Waals surface area contributed by atoms with Crippen LogP contribution in [0.25, 0.3) is 0 Å². The maximum Gasteiger partial charge on any atom is 0.573 e. The number of hydrogen-bond acceptors (Lipinski definition) is 3. The Balaban J connectivity index is 1.76. The second-order valence-corrected chi connectivity index (χ2v) is 6.19. The third-order valence-electron chi connectivity index (χ3n) is 4.30. The first kappa shape index (κ1) is 18.1. The molecule has 7 heteroatoms. The van der Waals surface area contributed by atoms with E-state index in [0.29, 0.717) is 25.1 Å². The topological polar surface area (TPSA) is 38.8 Å². The highest BCUT2D eigenvalue weighted by atomic mass is 19.4. The lowest BCUT2D eigenvalue weighted by Crippen LogP contribution is -2.25. The number of nitrogens with zero attached hydrogens (tertiary/aromatic N) is 1. The van der Waals surface area contributed by atoms with Crippen LogP contribution in [0.4, 0.5) is 13.2 Å². The average Bonchev–Trinajstić information content (AvgIpc) is 2.77. The van der Waals surface area contributed by atoms with Gasteiger partial charge < -0.3 is 14.4 Å². The maximum absolute atomic E-state index is 12.7. The quantitative estimate of drug-likeness (QED) is 0.806. The molecule has 138 valence electrons. The van der Waals surface area contributed by atoms with Gasteiger partial charge >= 0.3 is 6.36 Å². The number of ether oxygens (including phenoxy) is 2. The van der Waals surface area contributed by atoms with Crippen molar-refractivity contribution >= 4 is 5.91 Å². The van der Waals surface area contributed by atoms with Crippen LogP contribution in [-0.2, 0) is 16.1 Å². The largest absolute Gasteiger partial charge is 0.573 e. The smallest absolute Gasteiger partial charge is 0.497 e. The van der Waals surface area contributed by atoms with Gasteiger partial charge in [-0.05, 0) is 48.8 Å². The molecule has 2 aliphatic rings. The standard InChI is InChI=1S/C19H18F3NO3/c1-12-3-6-16(25-2)9-14-11-23(18(24)17(12)14)10-13-4-7-15(8-5-13)26-19(20,21)22/h4-9H,3,10-11H2,1-2H3. The Bertz CT molecular complexity index is 804. The second kappa shape index (κ2) is 6.90. The van der Waals surface area contributed by atoms with Crippen molar-refractivity contribution in [1.29, 1.82) is 0 Å². The number of carbonyl (C=O) groups excluding carboxylic acids is 1.